The molecule has 2 atom stereocenters. The van der Waals surface area contributed by atoms with E-state index in [1.807, 2.05) is 0 Å². The van der Waals surface area contributed by atoms with Gasteiger partial charge in [0.2, 0.25) is 0 Å². The van der Waals surface area contributed by atoms with Crippen molar-refractivity contribution in [3.63, 3.8) is 0 Å². The van der Waals surface area contributed by atoms with Crippen molar-refractivity contribution in [2.45, 2.75) is 37.5 Å². The largest absolute Gasteiger partial charge is 0.328 e. The van der Waals surface area contributed by atoms with Crippen LogP contribution in [-0.4, -0.2) is 21.6 Å². The van der Waals surface area contributed by atoms with Gasteiger partial charge in [-0.05, 0) is 25.7 Å². The number of hydrogen-bond donors (Lipinski definition) is 2. The van der Waals surface area contributed by atoms with E-state index in [2.05, 4.69) is 0 Å². The third-order valence-electron chi connectivity index (χ3n) is 2.06. The zero-order chi connectivity index (χ0) is 8.48. The molecule has 5 heteroatoms. The Morgan fingerprint density at radius 2 is 2.00 bits per heavy atom. The molecule has 66 valence electrons. The van der Waals surface area contributed by atoms with Gasteiger partial charge >= 0.3 is 7.60 Å². The maximum absolute atomic E-state index is 12.6. The van der Waals surface area contributed by atoms with Crippen molar-refractivity contribution in [3.05, 3.63) is 0 Å². The zero-order valence-corrected chi connectivity index (χ0v) is 7.01. The van der Waals surface area contributed by atoms with Crippen molar-refractivity contribution >= 4 is 7.60 Å². The molecular weight excluding hydrogens is 170 g/mol. The molecule has 0 aromatic carbocycles. The van der Waals surface area contributed by atoms with Crippen molar-refractivity contribution in [1.29, 1.82) is 0 Å². The van der Waals surface area contributed by atoms with E-state index >= 15 is 0 Å². The first-order valence-electron chi connectivity index (χ1n) is 3.69. The Hall–Kier alpha value is 0.0800. The molecule has 1 aliphatic rings. The Labute approximate surface area is 64.8 Å². The Kier molecular flexibility index (Phi) is 2.68. The first-order chi connectivity index (χ1) is 5.00. The fourth-order valence-electron chi connectivity index (χ4n) is 1.41. The molecule has 0 spiro atoms. The van der Waals surface area contributed by atoms with Crippen LogP contribution in [0.5, 0.6) is 0 Å². The summed E-state index contributed by atoms with van der Waals surface area (Å²) in [5.41, 5.74) is -0.730. The van der Waals surface area contributed by atoms with Gasteiger partial charge in [0.15, 0.2) is 0 Å². The molecule has 0 radical (unpaired) electrons. The fraction of sp³-hybridized carbons (Fsp3) is 1.00. The molecule has 0 amide bonds. The second-order valence-corrected chi connectivity index (χ2v) is 4.92. The van der Waals surface area contributed by atoms with Crippen LogP contribution in [0.4, 0.5) is 4.39 Å². The summed E-state index contributed by atoms with van der Waals surface area (Å²) in [6.07, 6.45) is 0.531. The normalized spacial score (nSPS) is 33.7. The summed E-state index contributed by atoms with van der Waals surface area (Å²) < 4.78 is 23.3. The minimum atomic E-state index is -4.02. The lowest BCUT2D eigenvalue weighted by Crippen LogP contribution is -2.20. The molecule has 1 aliphatic carbocycles. The Bertz CT molecular complexity index is 179. The summed E-state index contributed by atoms with van der Waals surface area (Å²) in [6, 6.07) is 0. The van der Waals surface area contributed by atoms with Crippen LogP contribution in [0, 0.1) is 0 Å². The molecule has 0 aliphatic heterocycles. The summed E-state index contributed by atoms with van der Waals surface area (Å²) in [5, 5.41) is 0. The third-order valence-corrected chi connectivity index (χ3v) is 3.48. The average molecular weight is 182 g/mol. The smallest absolute Gasteiger partial charge is 0.324 e. The number of alkyl halides is 1. The minimum Gasteiger partial charge on any atom is -0.324 e. The molecule has 0 saturated heterocycles. The van der Waals surface area contributed by atoms with E-state index in [4.69, 9.17) is 9.79 Å². The lowest BCUT2D eigenvalue weighted by atomic mass is 9.98. The van der Waals surface area contributed by atoms with E-state index in [1.165, 1.54) is 0 Å². The van der Waals surface area contributed by atoms with Crippen LogP contribution in [0.1, 0.15) is 25.7 Å². The van der Waals surface area contributed by atoms with Crippen LogP contribution < -0.4 is 0 Å². The highest BCUT2D eigenvalue weighted by Crippen LogP contribution is 2.48. The molecular formula is C6H12FO3P. The summed E-state index contributed by atoms with van der Waals surface area (Å²) in [7, 11) is -4.02. The van der Waals surface area contributed by atoms with Gasteiger partial charge in [-0.25, -0.2) is 4.39 Å². The SMILES string of the molecule is O=P(O)(O)C1CCCC(F)C1. The summed E-state index contributed by atoms with van der Waals surface area (Å²) in [6.45, 7) is 0. The van der Waals surface area contributed by atoms with Gasteiger partial charge in [0.25, 0.3) is 0 Å². The second kappa shape index (κ2) is 3.21. The molecule has 1 saturated carbocycles. The molecule has 1 rings (SSSR count). The molecule has 1 fully saturated rings. The highest BCUT2D eigenvalue weighted by atomic mass is 31.2. The van der Waals surface area contributed by atoms with E-state index in [-0.39, 0.29) is 6.42 Å². The van der Waals surface area contributed by atoms with Gasteiger partial charge in [0, 0.05) is 0 Å². The van der Waals surface area contributed by atoms with Crippen LogP contribution in [0.3, 0.4) is 0 Å². The molecule has 3 nitrogen and oxygen atoms in total. The van der Waals surface area contributed by atoms with E-state index in [0.29, 0.717) is 19.3 Å². The highest BCUT2D eigenvalue weighted by Gasteiger charge is 2.33. The van der Waals surface area contributed by atoms with E-state index in [9.17, 15) is 8.96 Å². The van der Waals surface area contributed by atoms with Crippen molar-refractivity contribution < 1.29 is 18.7 Å². The van der Waals surface area contributed by atoms with Gasteiger partial charge in [-0.15, -0.1) is 0 Å². The van der Waals surface area contributed by atoms with E-state index < -0.39 is 19.4 Å². The third kappa shape index (κ3) is 2.55. The molecule has 0 heterocycles. The van der Waals surface area contributed by atoms with Crippen molar-refractivity contribution in [1.82, 2.24) is 0 Å². The average Bonchev–Trinajstić information content (AvgIpc) is 1.86. The lowest BCUT2D eigenvalue weighted by Gasteiger charge is -2.24. The van der Waals surface area contributed by atoms with Crippen LogP contribution in [0.15, 0.2) is 0 Å². The van der Waals surface area contributed by atoms with Gasteiger partial charge in [-0.2, -0.15) is 0 Å². The molecule has 0 aromatic heterocycles. The number of rotatable bonds is 1. The maximum atomic E-state index is 12.6. The van der Waals surface area contributed by atoms with Gasteiger partial charge in [-0.1, -0.05) is 0 Å². The van der Waals surface area contributed by atoms with Crippen LogP contribution in [0.25, 0.3) is 0 Å². The minimum absolute atomic E-state index is 0.0320. The number of halogens is 1. The molecule has 11 heavy (non-hydrogen) atoms. The molecule has 0 aromatic rings. The fourth-order valence-corrected chi connectivity index (χ4v) is 2.43. The van der Waals surface area contributed by atoms with Crippen molar-refractivity contribution in [3.8, 4) is 0 Å². The first-order valence-corrected chi connectivity index (χ1v) is 5.37. The van der Waals surface area contributed by atoms with Gasteiger partial charge in [0.05, 0.1) is 5.66 Å². The van der Waals surface area contributed by atoms with Gasteiger partial charge in [-0.3, -0.25) is 4.57 Å². The van der Waals surface area contributed by atoms with Crippen molar-refractivity contribution in [2.24, 2.45) is 0 Å². The first kappa shape index (κ1) is 9.17. The van der Waals surface area contributed by atoms with Crippen LogP contribution in [0.2, 0.25) is 0 Å². The Morgan fingerprint density at radius 1 is 1.36 bits per heavy atom. The predicted molar refractivity (Wildman–Crippen MR) is 39.2 cm³/mol. The quantitative estimate of drug-likeness (QED) is 0.603. The highest BCUT2D eigenvalue weighted by molar-refractivity contribution is 7.52. The second-order valence-electron chi connectivity index (χ2n) is 3.01. The lowest BCUT2D eigenvalue weighted by molar-refractivity contribution is 0.235. The van der Waals surface area contributed by atoms with Gasteiger partial charge < -0.3 is 9.79 Å². The number of hydrogen-bond acceptors (Lipinski definition) is 1. The predicted octanol–water partition coefficient (Wildman–Crippen LogP) is 1.44. The topological polar surface area (TPSA) is 57.5 Å². The van der Waals surface area contributed by atoms with Crippen LogP contribution >= 0.6 is 7.60 Å². The summed E-state index contributed by atoms with van der Waals surface area (Å²) in [5.74, 6) is 0. The van der Waals surface area contributed by atoms with E-state index in [1.54, 1.807) is 0 Å². The monoisotopic (exact) mass is 182 g/mol. The zero-order valence-electron chi connectivity index (χ0n) is 6.11. The standard InChI is InChI=1S/C6H12FO3P/c7-5-2-1-3-6(4-5)11(8,9)10/h5-6H,1-4H2,(H2,8,9,10). The Morgan fingerprint density at radius 3 is 2.36 bits per heavy atom. The molecule has 2 N–H and O–H groups in total. The van der Waals surface area contributed by atoms with E-state index in [0.717, 1.165) is 0 Å². The summed E-state index contributed by atoms with van der Waals surface area (Å²) >= 11 is 0. The van der Waals surface area contributed by atoms with Gasteiger partial charge in [0.1, 0.15) is 6.17 Å². The van der Waals surface area contributed by atoms with Crippen molar-refractivity contribution in [2.75, 3.05) is 0 Å². The molecule has 2 unspecified atom stereocenters. The maximum Gasteiger partial charge on any atom is 0.328 e. The summed E-state index contributed by atoms with van der Waals surface area (Å²) in [4.78, 5) is 17.4. The Balaban J connectivity index is 2.53. The molecule has 0 bridgehead atoms. The van der Waals surface area contributed by atoms with Crippen LogP contribution in [-0.2, 0) is 4.57 Å².